The first kappa shape index (κ1) is 19.3. The van der Waals surface area contributed by atoms with E-state index in [0.29, 0.717) is 5.75 Å². The molecule has 0 saturated carbocycles. The highest BCUT2D eigenvalue weighted by molar-refractivity contribution is 5.93. The van der Waals surface area contributed by atoms with Crippen LogP contribution in [0.25, 0.3) is 10.8 Å². The lowest BCUT2D eigenvalue weighted by Crippen LogP contribution is -2.86. The molecule has 0 unspecified atom stereocenters. The number of nitro benzene ring substituents is 1. The molecule has 1 atom stereocenters. The molecule has 7 heteroatoms. The average molecular weight is 380 g/mol. The summed E-state index contributed by atoms with van der Waals surface area (Å²) in [5.41, 5.74) is 1.33. The second kappa shape index (κ2) is 8.49. The molecule has 0 saturated heterocycles. The van der Waals surface area contributed by atoms with E-state index in [9.17, 15) is 14.9 Å². The molecule has 0 fully saturated rings. The Labute approximate surface area is 162 Å². The third-order valence-electron chi connectivity index (χ3n) is 4.64. The monoisotopic (exact) mass is 380 g/mol. The highest BCUT2D eigenvalue weighted by Crippen LogP contribution is 2.28. The van der Waals surface area contributed by atoms with Crippen molar-refractivity contribution in [3.8, 4) is 5.75 Å². The summed E-state index contributed by atoms with van der Waals surface area (Å²) < 4.78 is 5.18. The maximum absolute atomic E-state index is 12.4. The maximum atomic E-state index is 12.4. The Bertz CT molecular complexity index is 1010. The van der Waals surface area contributed by atoms with Crippen LogP contribution in [-0.4, -0.2) is 24.5 Å². The van der Waals surface area contributed by atoms with Gasteiger partial charge in [-0.05, 0) is 23.8 Å². The molecular formula is C21H22N3O4+. The van der Waals surface area contributed by atoms with Gasteiger partial charge in [0.25, 0.3) is 11.6 Å². The lowest BCUT2D eigenvalue weighted by Gasteiger charge is -2.14. The van der Waals surface area contributed by atoms with E-state index < -0.39 is 4.92 Å². The number of anilines is 1. The van der Waals surface area contributed by atoms with Gasteiger partial charge in [0.15, 0.2) is 6.54 Å². The van der Waals surface area contributed by atoms with Crippen LogP contribution < -0.4 is 15.4 Å². The van der Waals surface area contributed by atoms with Crippen LogP contribution in [0.5, 0.6) is 5.75 Å². The van der Waals surface area contributed by atoms with Crippen LogP contribution in [0.2, 0.25) is 0 Å². The number of hydrogen-bond acceptors (Lipinski definition) is 4. The zero-order valence-electron chi connectivity index (χ0n) is 15.7. The summed E-state index contributed by atoms with van der Waals surface area (Å²) >= 11 is 0. The Morgan fingerprint density at radius 3 is 2.68 bits per heavy atom. The number of methoxy groups -OCH3 is 1. The lowest BCUT2D eigenvalue weighted by molar-refractivity contribution is -0.682. The van der Waals surface area contributed by atoms with Gasteiger partial charge >= 0.3 is 0 Å². The Hall–Kier alpha value is -3.45. The first-order valence-corrected chi connectivity index (χ1v) is 8.93. The molecule has 7 nitrogen and oxygen atoms in total. The topological polar surface area (TPSA) is 98.1 Å². The number of nitrogens with one attached hydrogen (secondary N) is 1. The number of nitrogens with two attached hydrogens (primary N) is 1. The molecule has 144 valence electrons. The Kier molecular flexibility index (Phi) is 5.86. The SMILES string of the molecule is COc1ccc([N+](=O)[O-])cc1NC(=O)C[NH2+][C@H](C)c1cccc2ccccc12. The van der Waals surface area contributed by atoms with Gasteiger partial charge in [-0.25, -0.2) is 0 Å². The molecule has 0 radical (unpaired) electrons. The number of benzene rings is 3. The molecule has 0 aromatic heterocycles. The zero-order valence-corrected chi connectivity index (χ0v) is 15.7. The summed E-state index contributed by atoms with van der Waals surface area (Å²) in [6, 6.07) is 18.4. The molecule has 3 rings (SSSR count). The summed E-state index contributed by atoms with van der Waals surface area (Å²) in [5, 5.41) is 17.9. The summed E-state index contributed by atoms with van der Waals surface area (Å²) in [7, 11) is 1.45. The Morgan fingerprint density at radius 2 is 1.93 bits per heavy atom. The van der Waals surface area contributed by atoms with Crippen molar-refractivity contribution in [3.05, 3.63) is 76.3 Å². The second-order valence-corrected chi connectivity index (χ2v) is 6.49. The molecule has 28 heavy (non-hydrogen) atoms. The first-order valence-electron chi connectivity index (χ1n) is 8.93. The van der Waals surface area contributed by atoms with Crippen molar-refractivity contribution >= 4 is 28.1 Å². The van der Waals surface area contributed by atoms with Crippen molar-refractivity contribution in [2.75, 3.05) is 19.0 Å². The fourth-order valence-electron chi connectivity index (χ4n) is 3.17. The van der Waals surface area contributed by atoms with Crippen molar-refractivity contribution in [1.29, 1.82) is 0 Å². The highest BCUT2D eigenvalue weighted by atomic mass is 16.6. The second-order valence-electron chi connectivity index (χ2n) is 6.49. The largest absolute Gasteiger partial charge is 0.495 e. The summed E-state index contributed by atoms with van der Waals surface area (Å²) in [6.45, 7) is 2.22. The van der Waals surface area contributed by atoms with Crippen molar-refractivity contribution < 1.29 is 19.8 Å². The van der Waals surface area contributed by atoms with Gasteiger partial charge in [-0.3, -0.25) is 14.9 Å². The predicted octanol–water partition coefficient (Wildman–Crippen LogP) is 3.02. The van der Waals surface area contributed by atoms with Crippen molar-refractivity contribution in [1.82, 2.24) is 0 Å². The molecule has 1 amide bonds. The molecular weight excluding hydrogens is 358 g/mol. The minimum absolute atomic E-state index is 0.0730. The van der Waals surface area contributed by atoms with Gasteiger partial charge < -0.3 is 15.4 Å². The summed E-state index contributed by atoms with van der Waals surface area (Å²) in [4.78, 5) is 22.8. The predicted molar refractivity (Wildman–Crippen MR) is 107 cm³/mol. The van der Waals surface area contributed by atoms with Crippen molar-refractivity contribution in [3.63, 3.8) is 0 Å². The smallest absolute Gasteiger partial charge is 0.279 e. The standard InChI is InChI=1S/C21H21N3O4/c1-14(17-9-5-7-15-6-3-4-8-18(15)17)22-13-21(25)23-19-12-16(24(26)27)10-11-20(19)28-2/h3-12,14,22H,13H2,1-2H3,(H,23,25)/p+1/t14-/m1/s1. The minimum Gasteiger partial charge on any atom is -0.495 e. The van der Waals surface area contributed by atoms with Crippen LogP contribution >= 0.6 is 0 Å². The van der Waals surface area contributed by atoms with E-state index in [1.165, 1.54) is 25.3 Å². The molecule has 0 heterocycles. The van der Waals surface area contributed by atoms with Gasteiger partial charge in [0.2, 0.25) is 0 Å². The zero-order chi connectivity index (χ0) is 20.1. The fourth-order valence-corrected chi connectivity index (χ4v) is 3.17. The van der Waals surface area contributed by atoms with Crippen molar-refractivity contribution in [2.24, 2.45) is 0 Å². The maximum Gasteiger partial charge on any atom is 0.279 e. The number of nitrogens with zero attached hydrogens (tertiary/aromatic N) is 1. The van der Waals surface area contributed by atoms with Gasteiger partial charge in [0.1, 0.15) is 11.8 Å². The van der Waals surface area contributed by atoms with E-state index in [-0.39, 0.29) is 29.9 Å². The number of carbonyl (C=O) groups is 1. The number of carbonyl (C=O) groups excluding carboxylic acids is 1. The van der Waals surface area contributed by atoms with Gasteiger partial charge in [-0.2, -0.15) is 0 Å². The third-order valence-corrected chi connectivity index (χ3v) is 4.64. The molecule has 0 spiro atoms. The normalized spacial score (nSPS) is 11.8. The average Bonchev–Trinajstić information content (AvgIpc) is 2.71. The number of fused-ring (bicyclic) bond motifs is 1. The molecule has 0 aliphatic rings. The van der Waals surface area contributed by atoms with Crippen LogP contribution in [0.3, 0.4) is 0 Å². The first-order chi connectivity index (χ1) is 13.5. The number of amides is 1. The number of nitro groups is 1. The van der Waals surface area contributed by atoms with E-state index in [4.69, 9.17) is 4.74 Å². The van der Waals surface area contributed by atoms with Gasteiger partial charge in [-0.1, -0.05) is 42.5 Å². The number of non-ortho nitro benzene ring substituents is 1. The van der Waals surface area contributed by atoms with Crippen LogP contribution in [0, 0.1) is 10.1 Å². The molecule has 0 aliphatic carbocycles. The summed E-state index contributed by atoms with van der Waals surface area (Å²) in [6.07, 6.45) is 0. The number of rotatable bonds is 7. The van der Waals surface area contributed by atoms with Crippen LogP contribution in [0.15, 0.2) is 60.7 Å². The lowest BCUT2D eigenvalue weighted by atomic mass is 10.00. The molecule has 3 N–H and O–H groups in total. The van der Waals surface area contributed by atoms with E-state index in [2.05, 4.69) is 29.6 Å². The molecule has 3 aromatic rings. The Morgan fingerprint density at radius 1 is 1.18 bits per heavy atom. The van der Waals surface area contributed by atoms with E-state index in [0.717, 1.165) is 16.3 Å². The fraction of sp³-hybridized carbons (Fsp3) is 0.190. The van der Waals surface area contributed by atoms with Crippen LogP contribution in [-0.2, 0) is 4.79 Å². The highest BCUT2D eigenvalue weighted by Gasteiger charge is 2.17. The molecule has 0 bridgehead atoms. The third kappa shape index (κ3) is 4.27. The van der Waals surface area contributed by atoms with Gasteiger partial charge in [0, 0.05) is 17.7 Å². The molecule has 3 aromatic carbocycles. The van der Waals surface area contributed by atoms with Crippen LogP contribution in [0.1, 0.15) is 18.5 Å². The van der Waals surface area contributed by atoms with E-state index >= 15 is 0 Å². The number of quaternary nitrogens is 1. The van der Waals surface area contributed by atoms with Crippen LogP contribution in [0.4, 0.5) is 11.4 Å². The quantitative estimate of drug-likeness (QED) is 0.486. The summed E-state index contributed by atoms with van der Waals surface area (Å²) in [5.74, 6) is 0.118. The minimum atomic E-state index is -0.510. The number of hydrogen-bond donors (Lipinski definition) is 2. The van der Waals surface area contributed by atoms with E-state index in [1.54, 1.807) is 0 Å². The van der Waals surface area contributed by atoms with Gasteiger partial charge in [0.05, 0.1) is 17.7 Å². The van der Waals surface area contributed by atoms with Gasteiger partial charge in [-0.15, -0.1) is 0 Å². The Balaban J connectivity index is 1.69. The van der Waals surface area contributed by atoms with Crippen molar-refractivity contribution in [2.45, 2.75) is 13.0 Å². The number of ether oxygens (including phenoxy) is 1. The van der Waals surface area contributed by atoms with E-state index in [1.807, 2.05) is 30.4 Å². The molecule has 0 aliphatic heterocycles.